The summed E-state index contributed by atoms with van der Waals surface area (Å²) < 4.78 is 1.67. The van der Waals surface area contributed by atoms with Crippen molar-refractivity contribution in [1.29, 1.82) is 0 Å². The van der Waals surface area contributed by atoms with Gasteiger partial charge in [0.1, 0.15) is 5.56 Å². The molecule has 5 heteroatoms. The van der Waals surface area contributed by atoms with Gasteiger partial charge in [-0.3, -0.25) is 9.59 Å². The summed E-state index contributed by atoms with van der Waals surface area (Å²) in [6, 6.07) is 3.63. The minimum Gasteiger partial charge on any atom is -0.335 e. The van der Waals surface area contributed by atoms with Crippen molar-refractivity contribution >= 4 is 5.91 Å². The Morgan fingerprint density at radius 1 is 1.16 bits per heavy atom. The lowest BCUT2D eigenvalue weighted by atomic mass is 10.2. The average molecular weight is 348 g/mol. The van der Waals surface area contributed by atoms with Crippen molar-refractivity contribution in [2.24, 2.45) is 0 Å². The maximum absolute atomic E-state index is 13.0. The maximum Gasteiger partial charge on any atom is 0.263 e. The quantitative estimate of drug-likeness (QED) is 0.795. The Labute approximate surface area is 151 Å². The fourth-order valence-electron chi connectivity index (χ4n) is 3.58. The van der Waals surface area contributed by atoms with Gasteiger partial charge in [-0.15, -0.1) is 0 Å². The summed E-state index contributed by atoms with van der Waals surface area (Å²) in [5.41, 5.74) is 1.01. The van der Waals surface area contributed by atoms with Gasteiger partial charge in [-0.2, -0.15) is 0 Å². The summed E-state index contributed by atoms with van der Waals surface area (Å²) in [5.74, 6) is -0.142. The van der Waals surface area contributed by atoms with Crippen molar-refractivity contribution in [3.05, 3.63) is 33.7 Å². The van der Waals surface area contributed by atoms with E-state index in [0.29, 0.717) is 13.1 Å². The molecule has 1 fully saturated rings. The predicted molar refractivity (Wildman–Crippen MR) is 102 cm³/mol. The van der Waals surface area contributed by atoms with Crippen LogP contribution in [0.4, 0.5) is 0 Å². The van der Waals surface area contributed by atoms with Crippen LogP contribution < -0.4 is 5.56 Å². The second-order valence-corrected chi connectivity index (χ2v) is 7.29. The molecule has 0 aliphatic carbocycles. The number of carbonyl (C=O) groups excluding carboxylic acids is 1. The molecule has 2 rings (SSSR count). The Hall–Kier alpha value is -1.62. The number of nitrogens with zero attached hydrogens (tertiary/aromatic N) is 3. The Morgan fingerprint density at radius 3 is 2.36 bits per heavy atom. The molecule has 1 saturated heterocycles. The molecule has 1 aromatic heterocycles. The maximum atomic E-state index is 13.0. The monoisotopic (exact) mass is 347 g/mol. The number of aryl methyl sites for hydroxylation is 1. The molecule has 2 heterocycles. The molecule has 0 saturated carbocycles. The third kappa shape index (κ3) is 4.94. The number of carbonyl (C=O) groups is 1. The minimum absolute atomic E-state index is 0.0789. The SMILES string of the molecule is CCn1c(C)ccc(C(=O)N(CCN2CCCCCC2)C(C)C)c1=O. The first-order valence-electron chi connectivity index (χ1n) is 9.69. The van der Waals surface area contributed by atoms with Gasteiger partial charge in [0.25, 0.3) is 11.5 Å². The second kappa shape index (κ2) is 9.18. The molecule has 0 atom stereocenters. The highest BCUT2D eigenvalue weighted by atomic mass is 16.2. The van der Waals surface area contributed by atoms with Gasteiger partial charge in [0.2, 0.25) is 0 Å². The average Bonchev–Trinajstić information content (AvgIpc) is 2.84. The molecule has 0 aromatic carbocycles. The summed E-state index contributed by atoms with van der Waals surface area (Å²) in [7, 11) is 0. The van der Waals surface area contributed by atoms with E-state index >= 15 is 0 Å². The van der Waals surface area contributed by atoms with Crippen LogP contribution >= 0.6 is 0 Å². The van der Waals surface area contributed by atoms with Gasteiger partial charge < -0.3 is 14.4 Å². The van der Waals surface area contributed by atoms with E-state index in [1.165, 1.54) is 25.7 Å². The molecule has 5 nitrogen and oxygen atoms in total. The van der Waals surface area contributed by atoms with Crippen LogP contribution in [0.25, 0.3) is 0 Å². The van der Waals surface area contributed by atoms with Crippen LogP contribution in [0.2, 0.25) is 0 Å². The molecule has 25 heavy (non-hydrogen) atoms. The molecular weight excluding hydrogens is 314 g/mol. The van der Waals surface area contributed by atoms with Crippen LogP contribution in [-0.2, 0) is 6.54 Å². The van der Waals surface area contributed by atoms with Crippen molar-refractivity contribution in [3.8, 4) is 0 Å². The first kappa shape index (κ1) is 19.7. The molecule has 0 unspecified atom stereocenters. The topological polar surface area (TPSA) is 45.6 Å². The van der Waals surface area contributed by atoms with Gasteiger partial charge in [0.05, 0.1) is 0 Å². The molecule has 1 aliphatic rings. The second-order valence-electron chi connectivity index (χ2n) is 7.29. The van der Waals surface area contributed by atoms with Gasteiger partial charge in [0, 0.05) is 31.4 Å². The Bertz CT molecular complexity index is 628. The van der Waals surface area contributed by atoms with E-state index in [2.05, 4.69) is 4.90 Å². The van der Waals surface area contributed by atoms with E-state index in [4.69, 9.17) is 0 Å². The zero-order valence-corrected chi connectivity index (χ0v) is 16.3. The van der Waals surface area contributed by atoms with Crippen LogP contribution in [-0.4, -0.2) is 52.5 Å². The Kier molecular flexibility index (Phi) is 7.24. The van der Waals surface area contributed by atoms with Crippen molar-refractivity contribution in [3.63, 3.8) is 0 Å². The lowest BCUT2D eigenvalue weighted by molar-refractivity contribution is 0.0679. The molecular formula is C20H33N3O2. The van der Waals surface area contributed by atoms with E-state index in [9.17, 15) is 9.59 Å². The van der Waals surface area contributed by atoms with E-state index in [1.54, 1.807) is 10.6 Å². The molecule has 0 bridgehead atoms. The number of hydrogen-bond donors (Lipinski definition) is 0. The summed E-state index contributed by atoms with van der Waals surface area (Å²) in [6.45, 7) is 12.3. The third-order valence-corrected chi connectivity index (χ3v) is 5.18. The fourth-order valence-corrected chi connectivity index (χ4v) is 3.58. The van der Waals surface area contributed by atoms with Gasteiger partial charge in [-0.05, 0) is 65.8 Å². The van der Waals surface area contributed by atoms with Crippen molar-refractivity contribution in [1.82, 2.24) is 14.4 Å². The van der Waals surface area contributed by atoms with E-state index in [-0.39, 0.29) is 23.1 Å². The lowest BCUT2D eigenvalue weighted by Crippen LogP contribution is -2.45. The van der Waals surface area contributed by atoms with Crippen molar-refractivity contribution < 1.29 is 4.79 Å². The Morgan fingerprint density at radius 2 is 1.80 bits per heavy atom. The van der Waals surface area contributed by atoms with Crippen LogP contribution in [0.1, 0.15) is 62.5 Å². The number of pyridine rings is 1. The van der Waals surface area contributed by atoms with Gasteiger partial charge in [-0.25, -0.2) is 0 Å². The molecule has 1 aliphatic heterocycles. The highest BCUT2D eigenvalue weighted by molar-refractivity contribution is 5.94. The summed E-state index contributed by atoms with van der Waals surface area (Å²) in [6.07, 6.45) is 5.11. The number of amides is 1. The number of likely N-dealkylation sites (tertiary alicyclic amines) is 1. The normalized spacial score (nSPS) is 16.0. The number of hydrogen-bond acceptors (Lipinski definition) is 3. The van der Waals surface area contributed by atoms with E-state index in [1.807, 2.05) is 38.7 Å². The van der Waals surface area contributed by atoms with Crippen molar-refractivity contribution in [2.75, 3.05) is 26.2 Å². The minimum atomic E-state index is -0.173. The molecule has 0 N–H and O–H groups in total. The Balaban J connectivity index is 2.14. The standard InChI is InChI=1S/C20H33N3O2/c1-5-22-17(4)10-11-18(19(22)24)20(25)23(16(2)3)15-14-21-12-8-6-7-9-13-21/h10-11,16H,5-9,12-15H2,1-4H3. The zero-order valence-electron chi connectivity index (χ0n) is 16.3. The van der Waals surface area contributed by atoms with Crippen LogP contribution in [0.5, 0.6) is 0 Å². The van der Waals surface area contributed by atoms with Crippen LogP contribution in [0, 0.1) is 6.92 Å². The van der Waals surface area contributed by atoms with Gasteiger partial charge >= 0.3 is 0 Å². The summed E-state index contributed by atoms with van der Waals surface area (Å²) in [4.78, 5) is 30.0. The number of rotatable bonds is 6. The highest BCUT2D eigenvalue weighted by Gasteiger charge is 2.23. The predicted octanol–water partition coefficient (Wildman–Crippen LogP) is 2.90. The zero-order chi connectivity index (χ0) is 18.4. The third-order valence-electron chi connectivity index (χ3n) is 5.18. The summed E-state index contributed by atoms with van der Waals surface area (Å²) in [5, 5.41) is 0. The fraction of sp³-hybridized carbons (Fsp3) is 0.700. The van der Waals surface area contributed by atoms with Crippen molar-refractivity contribution in [2.45, 2.75) is 66.0 Å². The number of aromatic nitrogens is 1. The molecule has 0 spiro atoms. The van der Waals surface area contributed by atoms with Crippen LogP contribution in [0.15, 0.2) is 16.9 Å². The molecule has 140 valence electrons. The van der Waals surface area contributed by atoms with E-state index in [0.717, 1.165) is 25.3 Å². The summed E-state index contributed by atoms with van der Waals surface area (Å²) >= 11 is 0. The molecule has 1 aromatic rings. The van der Waals surface area contributed by atoms with E-state index < -0.39 is 0 Å². The largest absolute Gasteiger partial charge is 0.335 e. The molecule has 1 amide bonds. The van der Waals surface area contributed by atoms with Crippen LogP contribution in [0.3, 0.4) is 0 Å². The smallest absolute Gasteiger partial charge is 0.263 e. The highest BCUT2D eigenvalue weighted by Crippen LogP contribution is 2.11. The molecule has 0 radical (unpaired) electrons. The van der Waals surface area contributed by atoms with Gasteiger partial charge in [0.15, 0.2) is 0 Å². The first-order valence-corrected chi connectivity index (χ1v) is 9.69. The first-order chi connectivity index (χ1) is 12.0. The van der Waals surface area contributed by atoms with Gasteiger partial charge in [-0.1, -0.05) is 12.8 Å². The lowest BCUT2D eigenvalue weighted by Gasteiger charge is -2.30.